The first-order chi connectivity index (χ1) is 6.15. The molecule has 0 saturated heterocycles. The van der Waals surface area contributed by atoms with E-state index in [0.29, 0.717) is 6.42 Å². The van der Waals surface area contributed by atoms with E-state index in [1.807, 2.05) is 11.6 Å². The molecule has 0 unspecified atom stereocenters. The Morgan fingerprint density at radius 2 is 2.27 bits per heavy atom. The van der Waals surface area contributed by atoms with Gasteiger partial charge in [-0.25, -0.2) is 4.98 Å². The molecule has 1 aromatic heterocycles. The van der Waals surface area contributed by atoms with Gasteiger partial charge in [0.15, 0.2) is 0 Å². The average Bonchev–Trinajstić information content (AvgIpc) is 2.50. The van der Waals surface area contributed by atoms with Gasteiger partial charge in [0.2, 0.25) is 0 Å². The fourth-order valence-electron chi connectivity index (χ4n) is 1.04. The van der Waals surface area contributed by atoms with E-state index in [9.17, 15) is 4.79 Å². The summed E-state index contributed by atoms with van der Waals surface area (Å²) in [7, 11) is 3.18. The Bertz CT molecular complexity index is 304. The molecule has 7 heteroatoms. The molecule has 0 bridgehead atoms. The van der Waals surface area contributed by atoms with Gasteiger partial charge in [-0.3, -0.25) is 4.79 Å². The van der Waals surface area contributed by atoms with Crippen molar-refractivity contribution in [2.75, 3.05) is 7.11 Å². The van der Waals surface area contributed by atoms with E-state index < -0.39 is 12.0 Å². The summed E-state index contributed by atoms with van der Waals surface area (Å²) in [5.74, 6) is -0.402. The van der Waals surface area contributed by atoms with E-state index >= 15 is 0 Å². The monoisotopic (exact) mass is 255 g/mol. The van der Waals surface area contributed by atoms with E-state index in [1.54, 1.807) is 12.5 Å². The summed E-state index contributed by atoms with van der Waals surface area (Å²) < 4.78 is 6.33. The maximum absolute atomic E-state index is 11.0. The van der Waals surface area contributed by atoms with Crippen LogP contribution >= 0.6 is 24.8 Å². The van der Waals surface area contributed by atoms with Crippen molar-refractivity contribution >= 4 is 30.8 Å². The molecule has 0 spiro atoms. The lowest BCUT2D eigenvalue weighted by Crippen LogP contribution is -2.34. The van der Waals surface area contributed by atoms with Gasteiger partial charge in [-0.2, -0.15) is 0 Å². The first-order valence-electron chi connectivity index (χ1n) is 3.93. The second kappa shape index (κ2) is 7.50. The zero-order valence-corrected chi connectivity index (χ0v) is 10.2. The third-order valence-electron chi connectivity index (χ3n) is 1.85. The maximum atomic E-state index is 11.0. The Labute approximate surface area is 101 Å². The Morgan fingerprint density at radius 1 is 1.67 bits per heavy atom. The lowest BCUT2D eigenvalue weighted by atomic mass is 10.2. The van der Waals surface area contributed by atoms with Crippen LogP contribution in [0.25, 0.3) is 0 Å². The van der Waals surface area contributed by atoms with Crippen LogP contribution in [0.2, 0.25) is 0 Å². The highest BCUT2D eigenvalue weighted by atomic mass is 35.5. The highest BCUT2D eigenvalue weighted by molar-refractivity contribution is 5.85. The molecule has 0 saturated carbocycles. The molecule has 1 rings (SSSR count). The molecule has 0 aliphatic carbocycles. The number of hydrogen-bond donors (Lipinski definition) is 1. The molecule has 1 aromatic rings. The molecule has 1 heterocycles. The number of aryl methyl sites for hydroxylation is 1. The fraction of sp³-hybridized carbons (Fsp3) is 0.500. The lowest BCUT2D eigenvalue weighted by molar-refractivity contribution is -0.142. The zero-order valence-electron chi connectivity index (χ0n) is 8.54. The number of ether oxygens (including phenoxy) is 1. The number of carbonyl (C=O) groups is 1. The van der Waals surface area contributed by atoms with Crippen LogP contribution < -0.4 is 5.73 Å². The van der Waals surface area contributed by atoms with Crippen molar-refractivity contribution in [3.63, 3.8) is 0 Å². The number of aromatic nitrogens is 2. The van der Waals surface area contributed by atoms with Crippen molar-refractivity contribution in [3.05, 3.63) is 18.2 Å². The summed E-state index contributed by atoms with van der Waals surface area (Å²) in [5.41, 5.74) is 6.49. The van der Waals surface area contributed by atoms with Gasteiger partial charge in [0.05, 0.1) is 13.4 Å². The van der Waals surface area contributed by atoms with Crippen LogP contribution in [0.3, 0.4) is 0 Å². The first-order valence-corrected chi connectivity index (χ1v) is 3.93. The van der Waals surface area contributed by atoms with Crippen LogP contribution in [0.5, 0.6) is 0 Å². The van der Waals surface area contributed by atoms with Gasteiger partial charge < -0.3 is 15.0 Å². The summed E-state index contributed by atoms with van der Waals surface area (Å²) >= 11 is 0. The number of esters is 1. The second-order valence-electron chi connectivity index (χ2n) is 2.83. The van der Waals surface area contributed by atoms with Gasteiger partial charge in [-0.15, -0.1) is 24.8 Å². The second-order valence-corrected chi connectivity index (χ2v) is 2.83. The lowest BCUT2D eigenvalue weighted by Gasteiger charge is -2.08. The number of carbonyl (C=O) groups excluding carboxylic acids is 1. The third-order valence-corrected chi connectivity index (χ3v) is 1.85. The van der Waals surface area contributed by atoms with E-state index in [-0.39, 0.29) is 24.8 Å². The van der Waals surface area contributed by atoms with Crippen molar-refractivity contribution in [3.8, 4) is 0 Å². The van der Waals surface area contributed by atoms with Gasteiger partial charge in [-0.05, 0) is 0 Å². The molecular formula is C8H15Cl2N3O2. The van der Waals surface area contributed by atoms with Crippen molar-refractivity contribution in [1.29, 1.82) is 0 Å². The molecule has 0 aliphatic heterocycles. The van der Waals surface area contributed by atoms with Crippen molar-refractivity contribution in [2.45, 2.75) is 12.5 Å². The minimum Gasteiger partial charge on any atom is -0.468 e. The van der Waals surface area contributed by atoms with Crippen LogP contribution in [0.4, 0.5) is 0 Å². The van der Waals surface area contributed by atoms with Crippen molar-refractivity contribution in [2.24, 2.45) is 12.8 Å². The Hall–Kier alpha value is -0.780. The predicted octanol–water partition coefficient (Wildman–Crippen LogP) is 0.306. The minimum absolute atomic E-state index is 0. The molecule has 5 nitrogen and oxygen atoms in total. The van der Waals surface area contributed by atoms with Crippen LogP contribution in [-0.4, -0.2) is 28.7 Å². The zero-order chi connectivity index (χ0) is 9.84. The fourth-order valence-corrected chi connectivity index (χ4v) is 1.04. The molecule has 15 heavy (non-hydrogen) atoms. The predicted molar refractivity (Wildman–Crippen MR) is 61.4 cm³/mol. The van der Waals surface area contributed by atoms with Crippen LogP contribution in [0, 0.1) is 0 Å². The molecule has 0 aromatic carbocycles. The average molecular weight is 256 g/mol. The number of halogens is 2. The molecular weight excluding hydrogens is 241 g/mol. The van der Waals surface area contributed by atoms with Gasteiger partial charge in [0.1, 0.15) is 6.04 Å². The number of hydrogen-bond acceptors (Lipinski definition) is 4. The highest BCUT2D eigenvalue weighted by Gasteiger charge is 2.15. The van der Waals surface area contributed by atoms with Crippen molar-refractivity contribution < 1.29 is 9.53 Å². The number of methoxy groups -OCH3 is 1. The van der Waals surface area contributed by atoms with Crippen molar-refractivity contribution in [1.82, 2.24) is 9.55 Å². The SMILES string of the molecule is COC(=O)[C@@H](N)Cc1cncn1C.Cl.Cl. The van der Waals surface area contributed by atoms with E-state index in [1.165, 1.54) is 7.11 Å². The van der Waals surface area contributed by atoms with Gasteiger partial charge in [0.25, 0.3) is 0 Å². The van der Waals surface area contributed by atoms with E-state index in [4.69, 9.17) is 5.73 Å². The third kappa shape index (κ3) is 4.51. The number of nitrogens with zero attached hydrogens (tertiary/aromatic N) is 2. The quantitative estimate of drug-likeness (QED) is 0.790. The number of nitrogens with two attached hydrogens (primary N) is 1. The highest BCUT2D eigenvalue weighted by Crippen LogP contribution is 2.00. The summed E-state index contributed by atoms with van der Waals surface area (Å²) in [6.45, 7) is 0. The maximum Gasteiger partial charge on any atom is 0.323 e. The summed E-state index contributed by atoms with van der Waals surface area (Å²) in [6, 6.07) is -0.611. The molecule has 0 radical (unpaired) electrons. The van der Waals surface area contributed by atoms with Gasteiger partial charge in [0, 0.05) is 25.4 Å². The van der Waals surface area contributed by atoms with Crippen LogP contribution in [0.1, 0.15) is 5.69 Å². The molecule has 0 fully saturated rings. The molecule has 88 valence electrons. The molecule has 0 amide bonds. The largest absolute Gasteiger partial charge is 0.468 e. The first kappa shape index (κ1) is 16.6. The standard InChI is InChI=1S/C8H13N3O2.2ClH/c1-11-5-10-4-6(11)3-7(9)8(12)13-2;;/h4-5,7H,3,9H2,1-2H3;2*1H/t7-;;/m0../s1. The number of rotatable bonds is 3. The topological polar surface area (TPSA) is 70.1 Å². The normalized spacial score (nSPS) is 10.9. The summed E-state index contributed by atoms with van der Waals surface area (Å²) in [6.07, 6.45) is 3.80. The van der Waals surface area contributed by atoms with Gasteiger partial charge in [-0.1, -0.05) is 0 Å². The molecule has 2 N–H and O–H groups in total. The van der Waals surface area contributed by atoms with E-state index in [2.05, 4.69) is 9.72 Å². The Kier molecular flexibility index (Phi) is 8.33. The molecule has 1 atom stereocenters. The summed E-state index contributed by atoms with van der Waals surface area (Å²) in [4.78, 5) is 14.9. The minimum atomic E-state index is -0.611. The summed E-state index contributed by atoms with van der Waals surface area (Å²) in [5, 5.41) is 0. The Morgan fingerprint density at radius 3 is 2.67 bits per heavy atom. The van der Waals surface area contributed by atoms with E-state index in [0.717, 1.165) is 5.69 Å². The molecule has 0 aliphatic rings. The van der Waals surface area contributed by atoms with Crippen LogP contribution in [-0.2, 0) is 23.0 Å². The number of imidazole rings is 1. The smallest absolute Gasteiger partial charge is 0.323 e. The van der Waals surface area contributed by atoms with Crippen LogP contribution in [0.15, 0.2) is 12.5 Å². The van der Waals surface area contributed by atoms with Gasteiger partial charge >= 0.3 is 5.97 Å². The Balaban J connectivity index is 0.